The standard InChI is InChI=1S/C8H14N4O2S/c9-3-7-1-2-12(6-7)15(13,14)8-4-10-11-5-8/h4-5,7H,1-3,6,9H2,(H,10,11). The Kier molecular flexibility index (Phi) is 2.76. The van der Waals surface area contributed by atoms with E-state index in [-0.39, 0.29) is 10.8 Å². The van der Waals surface area contributed by atoms with Crippen LogP contribution >= 0.6 is 0 Å². The molecule has 7 heteroatoms. The SMILES string of the molecule is NCC1CCN(S(=O)(=O)c2cn[nH]c2)C1. The molecule has 1 aromatic rings. The summed E-state index contributed by atoms with van der Waals surface area (Å²) < 4.78 is 25.4. The van der Waals surface area contributed by atoms with E-state index in [0.29, 0.717) is 19.6 Å². The normalized spacial score (nSPS) is 23.4. The number of aromatic nitrogens is 2. The van der Waals surface area contributed by atoms with E-state index in [4.69, 9.17) is 5.73 Å². The highest BCUT2D eigenvalue weighted by molar-refractivity contribution is 7.89. The van der Waals surface area contributed by atoms with Gasteiger partial charge < -0.3 is 5.73 Å². The molecule has 84 valence electrons. The van der Waals surface area contributed by atoms with Crippen LogP contribution in [0, 0.1) is 5.92 Å². The number of nitrogens with two attached hydrogens (primary N) is 1. The lowest BCUT2D eigenvalue weighted by Crippen LogP contribution is -2.29. The third-order valence-corrected chi connectivity index (χ3v) is 4.52. The van der Waals surface area contributed by atoms with Gasteiger partial charge in [0.25, 0.3) is 0 Å². The summed E-state index contributed by atoms with van der Waals surface area (Å²) in [6, 6.07) is 0. The monoisotopic (exact) mass is 230 g/mol. The minimum Gasteiger partial charge on any atom is -0.330 e. The van der Waals surface area contributed by atoms with Gasteiger partial charge in [0.2, 0.25) is 10.0 Å². The maximum absolute atomic E-state index is 12.0. The summed E-state index contributed by atoms with van der Waals surface area (Å²) in [5.74, 6) is 0.284. The third-order valence-electron chi connectivity index (χ3n) is 2.69. The van der Waals surface area contributed by atoms with Gasteiger partial charge in [0.15, 0.2) is 0 Å². The Hall–Kier alpha value is -0.920. The van der Waals surface area contributed by atoms with Crippen LogP contribution < -0.4 is 5.73 Å². The Morgan fingerprint density at radius 1 is 1.67 bits per heavy atom. The highest BCUT2D eigenvalue weighted by atomic mass is 32.2. The van der Waals surface area contributed by atoms with Gasteiger partial charge in [-0.15, -0.1) is 0 Å². The van der Waals surface area contributed by atoms with E-state index >= 15 is 0 Å². The van der Waals surface area contributed by atoms with Crippen LogP contribution in [0.25, 0.3) is 0 Å². The summed E-state index contributed by atoms with van der Waals surface area (Å²) in [5, 5.41) is 6.15. The Balaban J connectivity index is 2.18. The molecule has 0 amide bonds. The number of nitrogens with zero attached hydrogens (tertiary/aromatic N) is 2. The quantitative estimate of drug-likeness (QED) is 0.723. The van der Waals surface area contributed by atoms with Crippen molar-refractivity contribution in [1.82, 2.24) is 14.5 Å². The highest BCUT2D eigenvalue weighted by Crippen LogP contribution is 2.22. The summed E-state index contributed by atoms with van der Waals surface area (Å²) in [4.78, 5) is 0.222. The van der Waals surface area contributed by atoms with Crippen molar-refractivity contribution < 1.29 is 8.42 Å². The van der Waals surface area contributed by atoms with Gasteiger partial charge in [0.05, 0.1) is 6.20 Å². The van der Waals surface area contributed by atoms with Crippen LogP contribution in [-0.4, -0.2) is 42.6 Å². The van der Waals surface area contributed by atoms with Gasteiger partial charge in [-0.2, -0.15) is 9.40 Å². The van der Waals surface area contributed by atoms with Crippen molar-refractivity contribution in [2.24, 2.45) is 11.7 Å². The summed E-state index contributed by atoms with van der Waals surface area (Å²) >= 11 is 0. The van der Waals surface area contributed by atoms with Crippen LogP contribution in [0.1, 0.15) is 6.42 Å². The average Bonchev–Trinajstić information content (AvgIpc) is 2.89. The lowest BCUT2D eigenvalue weighted by Gasteiger charge is -2.14. The van der Waals surface area contributed by atoms with Crippen LogP contribution in [0.2, 0.25) is 0 Å². The second-order valence-electron chi connectivity index (χ2n) is 3.69. The predicted octanol–water partition coefficient (Wildman–Crippen LogP) is -0.621. The molecule has 0 saturated carbocycles. The minimum atomic E-state index is -3.35. The molecule has 0 aromatic carbocycles. The van der Waals surface area contributed by atoms with Crippen molar-refractivity contribution in [1.29, 1.82) is 0 Å². The molecule has 1 saturated heterocycles. The first-order valence-electron chi connectivity index (χ1n) is 4.83. The number of hydrogen-bond acceptors (Lipinski definition) is 4. The number of H-pyrrole nitrogens is 1. The van der Waals surface area contributed by atoms with Crippen molar-refractivity contribution in [3.63, 3.8) is 0 Å². The van der Waals surface area contributed by atoms with E-state index in [0.717, 1.165) is 6.42 Å². The molecule has 0 spiro atoms. The number of hydrogen-bond donors (Lipinski definition) is 2. The summed E-state index contributed by atoms with van der Waals surface area (Å²) in [7, 11) is -3.35. The van der Waals surface area contributed by atoms with Gasteiger partial charge in [-0.25, -0.2) is 8.42 Å². The maximum atomic E-state index is 12.0. The Morgan fingerprint density at radius 3 is 3.00 bits per heavy atom. The molecule has 15 heavy (non-hydrogen) atoms. The van der Waals surface area contributed by atoms with E-state index in [1.165, 1.54) is 16.7 Å². The summed E-state index contributed by atoms with van der Waals surface area (Å²) in [5.41, 5.74) is 5.52. The molecular formula is C8H14N4O2S. The second-order valence-corrected chi connectivity index (χ2v) is 5.63. The molecule has 1 aliphatic heterocycles. The lowest BCUT2D eigenvalue weighted by molar-refractivity contribution is 0.459. The molecule has 1 aromatic heterocycles. The largest absolute Gasteiger partial charge is 0.330 e. The van der Waals surface area contributed by atoms with Crippen LogP contribution in [-0.2, 0) is 10.0 Å². The van der Waals surface area contributed by atoms with E-state index in [1.54, 1.807) is 0 Å². The maximum Gasteiger partial charge on any atom is 0.246 e. The smallest absolute Gasteiger partial charge is 0.246 e. The van der Waals surface area contributed by atoms with E-state index in [1.807, 2.05) is 0 Å². The van der Waals surface area contributed by atoms with Gasteiger partial charge in [-0.3, -0.25) is 5.10 Å². The molecule has 1 fully saturated rings. The van der Waals surface area contributed by atoms with Crippen molar-refractivity contribution in [3.8, 4) is 0 Å². The molecule has 1 unspecified atom stereocenters. The first kappa shape index (κ1) is 10.6. The number of aromatic amines is 1. The predicted molar refractivity (Wildman–Crippen MR) is 54.5 cm³/mol. The van der Waals surface area contributed by atoms with Crippen LogP contribution in [0.3, 0.4) is 0 Å². The van der Waals surface area contributed by atoms with Crippen molar-refractivity contribution in [2.75, 3.05) is 19.6 Å². The zero-order valence-electron chi connectivity index (χ0n) is 8.26. The molecule has 2 heterocycles. The molecule has 0 bridgehead atoms. The van der Waals surface area contributed by atoms with Gasteiger partial charge in [-0.1, -0.05) is 0 Å². The fourth-order valence-electron chi connectivity index (χ4n) is 1.74. The third kappa shape index (κ3) is 1.90. The lowest BCUT2D eigenvalue weighted by atomic mass is 10.1. The van der Waals surface area contributed by atoms with Crippen molar-refractivity contribution in [3.05, 3.63) is 12.4 Å². The zero-order chi connectivity index (χ0) is 10.9. The second kappa shape index (κ2) is 3.92. The van der Waals surface area contributed by atoms with Gasteiger partial charge in [0.1, 0.15) is 4.90 Å². The molecule has 0 radical (unpaired) electrons. The van der Waals surface area contributed by atoms with Crippen LogP contribution in [0.5, 0.6) is 0 Å². The van der Waals surface area contributed by atoms with Crippen LogP contribution in [0.15, 0.2) is 17.3 Å². The van der Waals surface area contributed by atoms with Crippen LogP contribution in [0.4, 0.5) is 0 Å². The van der Waals surface area contributed by atoms with Crippen molar-refractivity contribution >= 4 is 10.0 Å². The number of rotatable bonds is 3. The highest BCUT2D eigenvalue weighted by Gasteiger charge is 2.32. The average molecular weight is 230 g/mol. The Labute approximate surface area is 88.5 Å². The first-order valence-corrected chi connectivity index (χ1v) is 6.27. The van der Waals surface area contributed by atoms with Gasteiger partial charge >= 0.3 is 0 Å². The molecule has 1 aliphatic rings. The fourth-order valence-corrected chi connectivity index (χ4v) is 3.18. The molecule has 6 nitrogen and oxygen atoms in total. The molecule has 1 atom stereocenters. The van der Waals surface area contributed by atoms with E-state index in [9.17, 15) is 8.42 Å². The minimum absolute atomic E-state index is 0.222. The topological polar surface area (TPSA) is 92.1 Å². The molecule has 3 N–H and O–H groups in total. The fraction of sp³-hybridized carbons (Fsp3) is 0.625. The number of nitrogens with one attached hydrogen (secondary N) is 1. The molecule has 0 aliphatic carbocycles. The number of sulfonamides is 1. The Morgan fingerprint density at radius 2 is 2.47 bits per heavy atom. The molecular weight excluding hydrogens is 216 g/mol. The molecule has 2 rings (SSSR count). The van der Waals surface area contributed by atoms with E-state index < -0.39 is 10.0 Å². The summed E-state index contributed by atoms with van der Waals surface area (Å²) in [6.45, 7) is 1.61. The summed E-state index contributed by atoms with van der Waals surface area (Å²) in [6.07, 6.45) is 3.56. The van der Waals surface area contributed by atoms with E-state index in [2.05, 4.69) is 10.2 Å². The van der Waals surface area contributed by atoms with Gasteiger partial charge in [-0.05, 0) is 18.9 Å². The first-order chi connectivity index (χ1) is 7.14. The zero-order valence-corrected chi connectivity index (χ0v) is 9.07. The van der Waals surface area contributed by atoms with Crippen molar-refractivity contribution in [2.45, 2.75) is 11.3 Å². The van der Waals surface area contributed by atoms with Gasteiger partial charge in [0, 0.05) is 19.3 Å². The Bertz CT molecular complexity index is 414.